The van der Waals surface area contributed by atoms with Crippen LogP contribution >= 0.6 is 22.9 Å². The van der Waals surface area contributed by atoms with E-state index in [9.17, 15) is 4.79 Å². The van der Waals surface area contributed by atoms with Gasteiger partial charge in [-0.05, 0) is 18.5 Å². The van der Waals surface area contributed by atoms with E-state index in [2.05, 4.69) is 20.4 Å². The van der Waals surface area contributed by atoms with Crippen LogP contribution < -0.4 is 5.32 Å². The van der Waals surface area contributed by atoms with Crippen LogP contribution in [0.5, 0.6) is 0 Å². The third-order valence-corrected chi connectivity index (χ3v) is 3.41. The molecule has 1 unspecified atom stereocenters. The average molecular weight is 247 g/mol. The van der Waals surface area contributed by atoms with Crippen molar-refractivity contribution in [3.05, 3.63) is 9.47 Å². The maximum absolute atomic E-state index is 11.4. The molecule has 0 saturated carbocycles. The number of nitrogens with zero attached hydrogens (tertiary/aromatic N) is 3. The first kappa shape index (κ1) is 10.8. The van der Waals surface area contributed by atoms with Crippen molar-refractivity contribution in [1.29, 1.82) is 0 Å². The fourth-order valence-electron chi connectivity index (χ4n) is 1.52. The number of piperazine rings is 1. The number of hydrogen-bond donors (Lipinski definition) is 1. The Labute approximate surface area is 96.4 Å². The van der Waals surface area contributed by atoms with Gasteiger partial charge in [-0.1, -0.05) is 11.3 Å². The van der Waals surface area contributed by atoms with Crippen LogP contribution in [0.4, 0.5) is 0 Å². The second kappa shape index (κ2) is 4.42. The van der Waals surface area contributed by atoms with Crippen molar-refractivity contribution < 1.29 is 4.79 Å². The van der Waals surface area contributed by atoms with Crippen LogP contribution in [0.3, 0.4) is 0 Å². The molecule has 1 aromatic heterocycles. The Hall–Kier alpha value is -0.720. The predicted octanol–water partition coefficient (Wildman–Crippen LogP) is 0.512. The molecule has 0 aromatic carbocycles. The highest BCUT2D eigenvalue weighted by Crippen LogP contribution is 2.18. The van der Waals surface area contributed by atoms with Gasteiger partial charge in [0.25, 0.3) is 0 Å². The number of halogens is 1. The molecule has 1 aromatic rings. The first-order chi connectivity index (χ1) is 7.16. The van der Waals surface area contributed by atoms with E-state index in [0.717, 1.165) is 11.6 Å². The molecule has 0 bridgehead atoms. The summed E-state index contributed by atoms with van der Waals surface area (Å²) in [6.07, 6.45) is 0. The van der Waals surface area contributed by atoms with E-state index in [1.165, 1.54) is 11.3 Å². The van der Waals surface area contributed by atoms with Crippen LogP contribution in [-0.4, -0.2) is 40.1 Å². The van der Waals surface area contributed by atoms with Crippen LogP contribution in [0.2, 0.25) is 4.47 Å². The molecule has 1 aliphatic rings. The largest absolute Gasteiger partial charge is 0.353 e. The maximum Gasteiger partial charge on any atom is 0.237 e. The average Bonchev–Trinajstić information content (AvgIpc) is 2.59. The molecule has 0 aliphatic carbocycles. The van der Waals surface area contributed by atoms with Crippen molar-refractivity contribution in [3.63, 3.8) is 0 Å². The summed E-state index contributed by atoms with van der Waals surface area (Å²) in [5, 5.41) is 11.3. The second-order valence-corrected chi connectivity index (χ2v) is 5.03. The lowest BCUT2D eigenvalue weighted by molar-refractivity contribution is -0.128. The van der Waals surface area contributed by atoms with Crippen LogP contribution in [0.25, 0.3) is 0 Å². The van der Waals surface area contributed by atoms with Gasteiger partial charge in [0.15, 0.2) is 0 Å². The fraction of sp³-hybridized carbons (Fsp3) is 0.625. The topological polar surface area (TPSA) is 58.1 Å². The number of aromatic nitrogens is 2. The summed E-state index contributed by atoms with van der Waals surface area (Å²) in [5.41, 5.74) is 0. The van der Waals surface area contributed by atoms with E-state index in [0.29, 0.717) is 17.6 Å². The Kier molecular flexibility index (Phi) is 3.18. The number of rotatable bonds is 2. The Morgan fingerprint density at radius 3 is 3.13 bits per heavy atom. The molecule has 1 aliphatic heterocycles. The number of nitrogens with one attached hydrogen (secondary N) is 1. The highest BCUT2D eigenvalue weighted by molar-refractivity contribution is 7.15. The smallest absolute Gasteiger partial charge is 0.237 e. The lowest BCUT2D eigenvalue weighted by Crippen LogP contribution is -2.53. The van der Waals surface area contributed by atoms with Crippen molar-refractivity contribution in [2.75, 3.05) is 13.1 Å². The summed E-state index contributed by atoms with van der Waals surface area (Å²) in [6.45, 7) is 4.05. The number of amides is 1. The molecule has 15 heavy (non-hydrogen) atoms. The van der Waals surface area contributed by atoms with Crippen molar-refractivity contribution >= 4 is 28.8 Å². The van der Waals surface area contributed by atoms with Crippen molar-refractivity contribution in [2.24, 2.45) is 0 Å². The third-order valence-electron chi connectivity index (χ3n) is 2.41. The van der Waals surface area contributed by atoms with Gasteiger partial charge in [-0.15, -0.1) is 10.2 Å². The van der Waals surface area contributed by atoms with Gasteiger partial charge < -0.3 is 5.32 Å². The fourth-order valence-corrected chi connectivity index (χ4v) is 2.41. The monoisotopic (exact) mass is 246 g/mol. The molecule has 0 spiro atoms. The summed E-state index contributed by atoms with van der Waals surface area (Å²) >= 11 is 7.04. The van der Waals surface area contributed by atoms with Gasteiger partial charge >= 0.3 is 0 Å². The molecule has 5 nitrogen and oxygen atoms in total. The summed E-state index contributed by atoms with van der Waals surface area (Å²) in [4.78, 5) is 13.5. The van der Waals surface area contributed by atoms with Gasteiger partial charge in [-0.25, -0.2) is 0 Å². The summed E-state index contributed by atoms with van der Waals surface area (Å²) in [6, 6.07) is -0.110. The van der Waals surface area contributed by atoms with Gasteiger partial charge in [0.05, 0.1) is 12.6 Å². The zero-order valence-corrected chi connectivity index (χ0v) is 9.81. The zero-order valence-electron chi connectivity index (χ0n) is 8.23. The summed E-state index contributed by atoms with van der Waals surface area (Å²) < 4.78 is 0.444. The minimum Gasteiger partial charge on any atom is -0.353 e. The molecule has 1 saturated heterocycles. The minimum absolute atomic E-state index is 0.0665. The quantitative estimate of drug-likeness (QED) is 0.826. The minimum atomic E-state index is -0.110. The molecule has 82 valence electrons. The second-order valence-electron chi connectivity index (χ2n) is 3.39. The van der Waals surface area contributed by atoms with Gasteiger partial charge in [-0.2, -0.15) is 0 Å². The Balaban J connectivity index is 2.02. The molecule has 7 heteroatoms. The van der Waals surface area contributed by atoms with Gasteiger partial charge in [0.2, 0.25) is 10.4 Å². The molecular weight excluding hydrogens is 236 g/mol. The zero-order chi connectivity index (χ0) is 10.8. The lowest BCUT2D eigenvalue weighted by atomic mass is 10.2. The highest BCUT2D eigenvalue weighted by atomic mass is 35.5. The third kappa shape index (κ3) is 2.45. The van der Waals surface area contributed by atoms with E-state index >= 15 is 0 Å². The molecule has 0 radical (unpaired) electrons. The van der Waals surface area contributed by atoms with E-state index < -0.39 is 0 Å². The molecule has 1 atom stereocenters. The van der Waals surface area contributed by atoms with Crippen molar-refractivity contribution in [3.8, 4) is 0 Å². The molecule has 1 fully saturated rings. The lowest BCUT2D eigenvalue weighted by Gasteiger charge is -2.31. The van der Waals surface area contributed by atoms with E-state index in [1.807, 2.05) is 6.92 Å². The molecule has 2 heterocycles. The Bertz CT molecular complexity index is 369. The normalized spacial score (nSPS) is 22.8. The molecule has 1 N–H and O–H groups in total. The van der Waals surface area contributed by atoms with E-state index in [1.54, 1.807) is 0 Å². The Morgan fingerprint density at radius 2 is 2.47 bits per heavy atom. The standard InChI is InChI=1S/C8H11ClN4OS/c1-5-7(14)10-2-3-13(5)4-6-11-12-8(9)15-6/h5H,2-4H2,1H3,(H,10,14). The van der Waals surface area contributed by atoms with E-state index in [4.69, 9.17) is 11.6 Å². The molecule has 1 amide bonds. The number of carbonyl (C=O) groups excluding carboxylic acids is 1. The SMILES string of the molecule is CC1C(=O)NCCN1Cc1nnc(Cl)s1. The predicted molar refractivity (Wildman–Crippen MR) is 57.8 cm³/mol. The van der Waals surface area contributed by atoms with Gasteiger partial charge in [0, 0.05) is 13.1 Å². The number of hydrogen-bond acceptors (Lipinski definition) is 5. The van der Waals surface area contributed by atoms with Crippen LogP contribution in [-0.2, 0) is 11.3 Å². The van der Waals surface area contributed by atoms with Crippen molar-refractivity contribution in [1.82, 2.24) is 20.4 Å². The first-order valence-corrected chi connectivity index (χ1v) is 5.86. The van der Waals surface area contributed by atoms with E-state index in [-0.39, 0.29) is 11.9 Å². The Morgan fingerprint density at radius 1 is 1.67 bits per heavy atom. The highest BCUT2D eigenvalue weighted by Gasteiger charge is 2.25. The first-order valence-electron chi connectivity index (χ1n) is 4.66. The molecular formula is C8H11ClN4OS. The van der Waals surface area contributed by atoms with Gasteiger partial charge in [-0.3, -0.25) is 9.69 Å². The summed E-state index contributed by atoms with van der Waals surface area (Å²) in [5.74, 6) is 0.0665. The summed E-state index contributed by atoms with van der Waals surface area (Å²) in [7, 11) is 0. The van der Waals surface area contributed by atoms with Crippen molar-refractivity contribution in [2.45, 2.75) is 19.5 Å². The molecule has 2 rings (SSSR count). The van der Waals surface area contributed by atoms with Gasteiger partial charge in [0.1, 0.15) is 5.01 Å². The van der Waals surface area contributed by atoms with Crippen LogP contribution in [0.15, 0.2) is 0 Å². The maximum atomic E-state index is 11.4. The van der Waals surface area contributed by atoms with Crippen LogP contribution in [0.1, 0.15) is 11.9 Å². The number of carbonyl (C=O) groups is 1. The van der Waals surface area contributed by atoms with Crippen LogP contribution in [0, 0.1) is 0 Å².